The van der Waals surface area contributed by atoms with Gasteiger partial charge in [0.2, 0.25) is 5.91 Å². The Morgan fingerprint density at radius 2 is 2.19 bits per heavy atom. The topological polar surface area (TPSA) is 110 Å². The lowest BCUT2D eigenvalue weighted by atomic mass is 10.3. The Labute approximate surface area is 123 Å². The number of likely N-dealkylation sites (N-methyl/N-ethyl adjacent to an activating group) is 1. The van der Waals surface area contributed by atoms with Crippen molar-refractivity contribution in [3.05, 3.63) is 29.6 Å². The zero-order valence-electron chi connectivity index (χ0n) is 12.3. The fourth-order valence-corrected chi connectivity index (χ4v) is 1.69. The number of hydrogen-bond acceptors (Lipinski definition) is 6. The maximum Gasteiger partial charge on any atom is 0.283 e. The Kier molecular flexibility index (Phi) is 7.30. The quantitative estimate of drug-likeness (QED) is 0.242. The van der Waals surface area contributed by atoms with Crippen molar-refractivity contribution in [2.75, 3.05) is 33.9 Å². The predicted octanol–water partition coefficient (Wildman–Crippen LogP) is -1.12. The molecule has 116 valence electrons. The van der Waals surface area contributed by atoms with Crippen molar-refractivity contribution in [1.82, 2.24) is 20.6 Å². The van der Waals surface area contributed by atoms with Crippen LogP contribution in [0.25, 0.3) is 0 Å². The highest BCUT2D eigenvalue weighted by Gasteiger charge is 2.10. The number of carbonyl (C=O) groups excluding carboxylic acids is 2. The lowest BCUT2D eigenvalue weighted by Crippen LogP contribution is -2.36. The van der Waals surface area contributed by atoms with E-state index in [1.807, 2.05) is 5.43 Å². The van der Waals surface area contributed by atoms with E-state index < -0.39 is 5.91 Å². The number of nitrogens with zero attached hydrogens (tertiary/aromatic N) is 2. The highest BCUT2D eigenvalue weighted by atomic mass is 16.5. The normalized spacial score (nSPS) is 10.5. The number of pyridine rings is 1. The summed E-state index contributed by atoms with van der Waals surface area (Å²) in [7, 11) is 3.38. The molecule has 0 aliphatic heterocycles. The molecule has 0 spiro atoms. The van der Waals surface area contributed by atoms with Crippen molar-refractivity contribution in [3.63, 3.8) is 0 Å². The van der Waals surface area contributed by atoms with Gasteiger partial charge in [0.05, 0.1) is 18.8 Å². The van der Waals surface area contributed by atoms with Gasteiger partial charge < -0.3 is 10.1 Å². The minimum atomic E-state index is -0.447. The SMILES string of the molecule is COCCNC(=O)CN(C)Cc1cccc(C(=O)NN)n1. The Hall–Kier alpha value is -2.03. The first-order valence-corrected chi connectivity index (χ1v) is 6.48. The highest BCUT2D eigenvalue weighted by Crippen LogP contribution is 2.02. The van der Waals surface area contributed by atoms with Crippen LogP contribution in [-0.2, 0) is 16.1 Å². The number of ether oxygens (including phenoxy) is 1. The lowest BCUT2D eigenvalue weighted by Gasteiger charge is -2.16. The summed E-state index contributed by atoms with van der Waals surface area (Å²) in [6, 6.07) is 5.08. The van der Waals surface area contributed by atoms with Crippen molar-refractivity contribution in [1.29, 1.82) is 0 Å². The third-order valence-corrected chi connectivity index (χ3v) is 2.64. The van der Waals surface area contributed by atoms with Crippen molar-refractivity contribution >= 4 is 11.8 Å². The molecule has 1 aromatic rings. The molecule has 0 bridgehead atoms. The zero-order valence-corrected chi connectivity index (χ0v) is 12.3. The number of methoxy groups -OCH3 is 1. The summed E-state index contributed by atoms with van der Waals surface area (Å²) in [5, 5.41) is 2.73. The summed E-state index contributed by atoms with van der Waals surface area (Å²) in [6.45, 7) is 1.64. The molecule has 0 aliphatic rings. The number of nitrogens with one attached hydrogen (secondary N) is 2. The van der Waals surface area contributed by atoms with Crippen molar-refractivity contribution in [2.45, 2.75) is 6.54 Å². The first kappa shape index (κ1) is 17.0. The molecule has 1 rings (SSSR count). The van der Waals surface area contributed by atoms with Crippen LogP contribution in [0, 0.1) is 0 Å². The van der Waals surface area contributed by atoms with Crippen LogP contribution >= 0.6 is 0 Å². The molecule has 21 heavy (non-hydrogen) atoms. The molecule has 0 radical (unpaired) electrons. The number of nitrogens with two attached hydrogens (primary N) is 1. The Morgan fingerprint density at radius 1 is 1.43 bits per heavy atom. The molecule has 0 fully saturated rings. The van der Waals surface area contributed by atoms with Crippen LogP contribution in [-0.4, -0.2) is 55.6 Å². The molecular weight excluding hydrogens is 274 g/mol. The van der Waals surface area contributed by atoms with Crippen LogP contribution in [0.1, 0.15) is 16.2 Å². The van der Waals surface area contributed by atoms with Gasteiger partial charge in [-0.2, -0.15) is 0 Å². The van der Waals surface area contributed by atoms with Gasteiger partial charge in [0.15, 0.2) is 0 Å². The maximum atomic E-state index is 11.6. The number of rotatable bonds is 8. The van der Waals surface area contributed by atoms with Gasteiger partial charge in [-0.05, 0) is 19.2 Å². The Morgan fingerprint density at radius 3 is 2.86 bits per heavy atom. The first-order valence-electron chi connectivity index (χ1n) is 6.48. The second-order valence-electron chi connectivity index (χ2n) is 4.50. The third-order valence-electron chi connectivity index (χ3n) is 2.64. The van der Waals surface area contributed by atoms with Crippen molar-refractivity contribution in [2.24, 2.45) is 5.84 Å². The summed E-state index contributed by atoms with van der Waals surface area (Å²) in [5.74, 6) is 4.53. The number of amides is 2. The summed E-state index contributed by atoms with van der Waals surface area (Å²) >= 11 is 0. The van der Waals surface area contributed by atoms with Gasteiger partial charge in [-0.3, -0.25) is 19.9 Å². The van der Waals surface area contributed by atoms with E-state index >= 15 is 0 Å². The zero-order chi connectivity index (χ0) is 15.7. The number of carbonyl (C=O) groups is 2. The number of aromatic nitrogens is 1. The predicted molar refractivity (Wildman–Crippen MR) is 77.1 cm³/mol. The molecule has 0 saturated heterocycles. The molecule has 8 heteroatoms. The summed E-state index contributed by atoms with van der Waals surface area (Å²) in [6.07, 6.45) is 0. The molecule has 1 aromatic heterocycles. The van der Waals surface area contributed by atoms with E-state index in [9.17, 15) is 9.59 Å². The minimum Gasteiger partial charge on any atom is -0.383 e. The number of hydrazine groups is 1. The van der Waals surface area contributed by atoms with Crippen LogP contribution in [0.15, 0.2) is 18.2 Å². The number of hydrogen-bond donors (Lipinski definition) is 3. The monoisotopic (exact) mass is 295 g/mol. The molecule has 0 aliphatic carbocycles. The van der Waals surface area contributed by atoms with E-state index in [-0.39, 0.29) is 18.1 Å². The van der Waals surface area contributed by atoms with Gasteiger partial charge >= 0.3 is 0 Å². The maximum absolute atomic E-state index is 11.6. The molecule has 0 atom stereocenters. The molecule has 0 aromatic carbocycles. The van der Waals surface area contributed by atoms with Crippen molar-refractivity contribution < 1.29 is 14.3 Å². The van der Waals surface area contributed by atoms with E-state index in [2.05, 4.69) is 10.3 Å². The largest absolute Gasteiger partial charge is 0.383 e. The van der Waals surface area contributed by atoms with Gasteiger partial charge in [-0.25, -0.2) is 10.8 Å². The average molecular weight is 295 g/mol. The molecule has 0 saturated carbocycles. The van der Waals surface area contributed by atoms with E-state index in [0.29, 0.717) is 25.4 Å². The fraction of sp³-hybridized carbons (Fsp3) is 0.462. The Bertz CT molecular complexity index is 481. The molecule has 2 amide bonds. The van der Waals surface area contributed by atoms with Crippen molar-refractivity contribution in [3.8, 4) is 0 Å². The Balaban J connectivity index is 2.49. The van der Waals surface area contributed by atoms with Gasteiger partial charge in [0.1, 0.15) is 5.69 Å². The summed E-state index contributed by atoms with van der Waals surface area (Å²) in [5.41, 5.74) is 2.96. The van der Waals surface area contributed by atoms with Crippen LogP contribution in [0.5, 0.6) is 0 Å². The molecule has 8 nitrogen and oxygen atoms in total. The minimum absolute atomic E-state index is 0.0922. The first-order chi connectivity index (χ1) is 10.1. The molecule has 1 heterocycles. The van der Waals surface area contributed by atoms with E-state index in [4.69, 9.17) is 10.6 Å². The standard InChI is InChI=1S/C13H21N5O3/c1-18(9-12(19)15-6-7-21-2)8-10-4-3-5-11(16-10)13(20)17-14/h3-5H,6-9,14H2,1-2H3,(H,15,19)(H,17,20). The van der Waals surface area contributed by atoms with E-state index in [1.54, 1.807) is 37.3 Å². The highest BCUT2D eigenvalue weighted by molar-refractivity contribution is 5.91. The van der Waals surface area contributed by atoms with Crippen LogP contribution < -0.4 is 16.6 Å². The second kappa shape index (κ2) is 9.01. The van der Waals surface area contributed by atoms with E-state index in [0.717, 1.165) is 0 Å². The van der Waals surface area contributed by atoms with Crippen LogP contribution in [0.3, 0.4) is 0 Å². The smallest absolute Gasteiger partial charge is 0.283 e. The molecule has 4 N–H and O–H groups in total. The molecule has 0 unspecified atom stereocenters. The van der Waals surface area contributed by atoms with Crippen LogP contribution in [0.4, 0.5) is 0 Å². The average Bonchev–Trinajstić information content (AvgIpc) is 2.46. The van der Waals surface area contributed by atoms with Gasteiger partial charge in [-0.1, -0.05) is 6.07 Å². The van der Waals surface area contributed by atoms with Gasteiger partial charge in [0.25, 0.3) is 5.91 Å². The number of nitrogen functional groups attached to an aromatic ring is 1. The summed E-state index contributed by atoms with van der Waals surface area (Å²) in [4.78, 5) is 29.0. The third kappa shape index (κ3) is 6.30. The fourth-order valence-electron chi connectivity index (χ4n) is 1.69. The van der Waals surface area contributed by atoms with Gasteiger partial charge in [-0.15, -0.1) is 0 Å². The molecular formula is C13H21N5O3. The van der Waals surface area contributed by atoms with Crippen LogP contribution in [0.2, 0.25) is 0 Å². The van der Waals surface area contributed by atoms with E-state index in [1.165, 1.54) is 0 Å². The second-order valence-corrected chi connectivity index (χ2v) is 4.50. The lowest BCUT2D eigenvalue weighted by molar-refractivity contribution is -0.122. The van der Waals surface area contributed by atoms with Gasteiger partial charge in [0, 0.05) is 20.2 Å². The summed E-state index contributed by atoms with van der Waals surface area (Å²) < 4.78 is 4.85.